The van der Waals surface area contributed by atoms with Crippen molar-refractivity contribution in [2.24, 2.45) is 0 Å². The molecule has 98 valence electrons. The molecule has 0 radical (unpaired) electrons. The van der Waals surface area contributed by atoms with E-state index in [1.54, 1.807) is 12.1 Å². The highest BCUT2D eigenvalue weighted by Gasteiger charge is 2.15. The summed E-state index contributed by atoms with van der Waals surface area (Å²) in [5.41, 5.74) is 0.0997. The third kappa shape index (κ3) is 3.15. The molecule has 0 fully saturated rings. The third-order valence-corrected chi connectivity index (χ3v) is 2.44. The number of aromatic carboxylic acids is 1. The highest BCUT2D eigenvalue weighted by Crippen LogP contribution is 2.08. The smallest absolute Gasteiger partial charge is 0.336 e. The van der Waals surface area contributed by atoms with E-state index in [4.69, 9.17) is 5.11 Å². The van der Waals surface area contributed by atoms with Crippen molar-refractivity contribution in [3.63, 3.8) is 0 Å². The molecule has 2 rings (SSSR count). The molecule has 0 bridgehead atoms. The molecule has 0 saturated heterocycles. The number of carboxylic acid groups (broad SMARTS) is 1. The van der Waals surface area contributed by atoms with E-state index >= 15 is 0 Å². The molecular weight excluding hydrogens is 250 g/mol. The molecular formula is C12H11N3O4. The van der Waals surface area contributed by atoms with Crippen molar-refractivity contribution in [2.75, 3.05) is 6.54 Å². The topological polar surface area (TPSA) is 105 Å². The van der Waals surface area contributed by atoms with Gasteiger partial charge >= 0.3 is 5.97 Å². The molecule has 0 unspecified atom stereocenters. The third-order valence-electron chi connectivity index (χ3n) is 2.44. The first-order valence-corrected chi connectivity index (χ1v) is 5.54. The first-order valence-electron chi connectivity index (χ1n) is 5.54. The van der Waals surface area contributed by atoms with Crippen LogP contribution in [0, 0.1) is 0 Å². The zero-order chi connectivity index (χ0) is 13.7. The highest BCUT2D eigenvalue weighted by molar-refractivity contribution is 6.04. The summed E-state index contributed by atoms with van der Waals surface area (Å²) in [4.78, 5) is 26.6. The largest absolute Gasteiger partial charge is 0.478 e. The van der Waals surface area contributed by atoms with Crippen LogP contribution in [0.3, 0.4) is 0 Å². The number of hydrogen-bond donors (Lipinski definition) is 2. The molecule has 0 aliphatic carbocycles. The summed E-state index contributed by atoms with van der Waals surface area (Å²) < 4.78 is 4.56. The predicted molar refractivity (Wildman–Crippen MR) is 63.7 cm³/mol. The fraction of sp³-hybridized carbons (Fsp3) is 0.167. The zero-order valence-electron chi connectivity index (χ0n) is 9.87. The molecule has 19 heavy (non-hydrogen) atoms. The van der Waals surface area contributed by atoms with Gasteiger partial charge in [0.15, 0.2) is 5.82 Å². The summed E-state index contributed by atoms with van der Waals surface area (Å²) in [6, 6.07) is 6.03. The monoisotopic (exact) mass is 261 g/mol. The molecule has 1 aromatic carbocycles. The molecule has 2 aromatic rings. The van der Waals surface area contributed by atoms with Crippen LogP contribution < -0.4 is 5.32 Å². The number of amides is 1. The minimum Gasteiger partial charge on any atom is -0.478 e. The average Bonchev–Trinajstić information content (AvgIpc) is 2.91. The highest BCUT2D eigenvalue weighted by atomic mass is 16.5. The number of carbonyl (C=O) groups excluding carboxylic acids is 1. The van der Waals surface area contributed by atoms with Crippen LogP contribution in [0.2, 0.25) is 0 Å². The molecule has 2 N–H and O–H groups in total. The van der Waals surface area contributed by atoms with Crippen molar-refractivity contribution in [1.29, 1.82) is 0 Å². The van der Waals surface area contributed by atoms with Crippen molar-refractivity contribution in [3.05, 3.63) is 47.6 Å². The summed E-state index contributed by atoms with van der Waals surface area (Å²) in [6.07, 6.45) is 1.62. The Kier molecular flexibility index (Phi) is 3.87. The lowest BCUT2D eigenvalue weighted by atomic mass is 10.1. The lowest BCUT2D eigenvalue weighted by Crippen LogP contribution is -2.27. The van der Waals surface area contributed by atoms with Gasteiger partial charge in [0, 0.05) is 13.0 Å². The van der Waals surface area contributed by atoms with Gasteiger partial charge in [-0.25, -0.2) is 4.79 Å². The lowest BCUT2D eigenvalue weighted by molar-refractivity contribution is 0.0691. The number of hydrogen-bond acceptors (Lipinski definition) is 5. The number of rotatable bonds is 5. The van der Waals surface area contributed by atoms with E-state index in [0.717, 1.165) is 0 Å². The van der Waals surface area contributed by atoms with E-state index in [-0.39, 0.29) is 11.1 Å². The second kappa shape index (κ2) is 5.76. The van der Waals surface area contributed by atoms with E-state index in [0.29, 0.717) is 18.8 Å². The molecule has 7 heteroatoms. The predicted octanol–water partition coefficient (Wildman–Crippen LogP) is 0.740. The first-order chi connectivity index (χ1) is 9.18. The minimum atomic E-state index is -1.14. The van der Waals surface area contributed by atoms with E-state index in [9.17, 15) is 9.59 Å². The van der Waals surface area contributed by atoms with Crippen LogP contribution in [0.25, 0.3) is 0 Å². The van der Waals surface area contributed by atoms with Gasteiger partial charge in [-0.1, -0.05) is 17.3 Å². The van der Waals surface area contributed by atoms with Crippen molar-refractivity contribution in [3.8, 4) is 0 Å². The zero-order valence-corrected chi connectivity index (χ0v) is 9.87. The van der Waals surface area contributed by atoms with E-state index < -0.39 is 11.9 Å². The van der Waals surface area contributed by atoms with E-state index in [2.05, 4.69) is 20.0 Å². The maximum absolute atomic E-state index is 11.9. The summed E-state index contributed by atoms with van der Waals surface area (Å²) in [5, 5.41) is 15.2. The van der Waals surface area contributed by atoms with Crippen LogP contribution >= 0.6 is 0 Å². The number of aromatic nitrogens is 2. The number of nitrogens with zero attached hydrogens (tertiary/aromatic N) is 2. The molecule has 0 atom stereocenters. The molecule has 0 spiro atoms. The van der Waals surface area contributed by atoms with Crippen molar-refractivity contribution < 1.29 is 19.2 Å². The summed E-state index contributed by atoms with van der Waals surface area (Å²) in [7, 11) is 0. The Balaban J connectivity index is 1.98. The Morgan fingerprint density at radius 3 is 2.63 bits per heavy atom. The van der Waals surface area contributed by atoms with Gasteiger partial charge in [-0.05, 0) is 12.1 Å². The van der Waals surface area contributed by atoms with Gasteiger partial charge < -0.3 is 14.9 Å². The average molecular weight is 261 g/mol. The van der Waals surface area contributed by atoms with Gasteiger partial charge in [0.05, 0.1) is 11.1 Å². The normalized spacial score (nSPS) is 10.1. The Bertz CT molecular complexity index is 580. The summed E-state index contributed by atoms with van der Waals surface area (Å²) >= 11 is 0. The van der Waals surface area contributed by atoms with E-state index in [1.165, 1.54) is 18.5 Å². The molecule has 1 aromatic heterocycles. The molecule has 1 amide bonds. The fourth-order valence-corrected chi connectivity index (χ4v) is 1.55. The number of carboxylic acids is 1. The number of carbonyl (C=O) groups is 2. The standard InChI is InChI=1S/C12H11N3O4/c16-11(13-6-5-10-14-7-19-15-10)8-3-1-2-4-9(8)12(17)18/h1-4,7H,5-6H2,(H,13,16)(H,17,18). The van der Waals surface area contributed by atoms with Crippen LogP contribution in [0.1, 0.15) is 26.5 Å². The Morgan fingerprint density at radius 2 is 2.00 bits per heavy atom. The number of benzene rings is 1. The molecule has 0 aliphatic heterocycles. The van der Waals surface area contributed by atoms with Gasteiger partial charge in [0.1, 0.15) is 0 Å². The van der Waals surface area contributed by atoms with Gasteiger partial charge in [0.25, 0.3) is 5.91 Å². The maximum atomic E-state index is 11.9. The van der Waals surface area contributed by atoms with Crippen molar-refractivity contribution in [2.45, 2.75) is 6.42 Å². The van der Waals surface area contributed by atoms with Crippen molar-refractivity contribution in [1.82, 2.24) is 15.5 Å². The van der Waals surface area contributed by atoms with Crippen molar-refractivity contribution >= 4 is 11.9 Å². The number of nitrogens with one attached hydrogen (secondary N) is 1. The Labute approximate surface area is 108 Å². The summed E-state index contributed by atoms with van der Waals surface area (Å²) in [5.74, 6) is -1.10. The molecule has 0 aliphatic rings. The minimum absolute atomic E-state index is 0.0282. The first kappa shape index (κ1) is 12.7. The SMILES string of the molecule is O=C(O)c1ccccc1C(=O)NCCc1ncon1. The van der Waals surface area contributed by atoms with Gasteiger partial charge in [-0.2, -0.15) is 4.98 Å². The van der Waals surface area contributed by atoms with Crippen LogP contribution in [-0.4, -0.2) is 33.7 Å². The lowest BCUT2D eigenvalue weighted by Gasteiger charge is -2.06. The van der Waals surface area contributed by atoms with Crippen LogP contribution in [0.4, 0.5) is 0 Å². The second-order valence-corrected chi connectivity index (χ2v) is 3.70. The quantitative estimate of drug-likeness (QED) is 0.822. The maximum Gasteiger partial charge on any atom is 0.336 e. The molecule has 1 heterocycles. The second-order valence-electron chi connectivity index (χ2n) is 3.70. The fourth-order valence-electron chi connectivity index (χ4n) is 1.55. The molecule has 0 saturated carbocycles. The Morgan fingerprint density at radius 1 is 1.26 bits per heavy atom. The van der Waals surface area contributed by atoms with Gasteiger partial charge in [-0.15, -0.1) is 0 Å². The van der Waals surface area contributed by atoms with Crippen LogP contribution in [0.15, 0.2) is 35.2 Å². The van der Waals surface area contributed by atoms with Crippen LogP contribution in [0.5, 0.6) is 0 Å². The van der Waals surface area contributed by atoms with Gasteiger partial charge in [0.2, 0.25) is 6.39 Å². The Hall–Kier alpha value is -2.70. The summed E-state index contributed by atoms with van der Waals surface area (Å²) in [6.45, 7) is 0.298. The van der Waals surface area contributed by atoms with Crippen LogP contribution in [-0.2, 0) is 6.42 Å². The van der Waals surface area contributed by atoms with E-state index in [1.807, 2.05) is 0 Å². The van der Waals surface area contributed by atoms with Gasteiger partial charge in [-0.3, -0.25) is 4.79 Å². The molecule has 7 nitrogen and oxygen atoms in total.